The highest BCUT2D eigenvalue weighted by Crippen LogP contribution is 2.23. The topological polar surface area (TPSA) is 83.6 Å². The third-order valence-corrected chi connectivity index (χ3v) is 2.53. The molecular weight excluding hydrogens is 230 g/mol. The van der Waals surface area contributed by atoms with Gasteiger partial charge in [-0.2, -0.15) is 0 Å². The number of carbonyl (C=O) groups excluding carboxylic acids is 1. The van der Waals surface area contributed by atoms with Crippen LogP contribution in [-0.2, 0) is 4.79 Å². The summed E-state index contributed by atoms with van der Waals surface area (Å²) in [5.41, 5.74) is 2.85. The van der Waals surface area contributed by atoms with Crippen LogP contribution in [-0.4, -0.2) is 26.3 Å². The molecule has 0 saturated heterocycles. The minimum Gasteiger partial charge on any atom is -0.337 e. The van der Waals surface area contributed by atoms with Gasteiger partial charge in [0.2, 0.25) is 6.41 Å². The molecule has 2 aromatic heterocycles. The number of aromatic nitrogens is 4. The lowest BCUT2D eigenvalue weighted by Gasteiger charge is -1.97. The van der Waals surface area contributed by atoms with Crippen LogP contribution in [0.3, 0.4) is 0 Å². The van der Waals surface area contributed by atoms with Crippen LogP contribution >= 0.6 is 0 Å². The van der Waals surface area contributed by atoms with E-state index in [2.05, 4.69) is 25.3 Å². The first-order valence-electron chi connectivity index (χ1n) is 5.34. The first-order chi connectivity index (χ1) is 8.88. The number of amides is 1. The lowest BCUT2D eigenvalue weighted by atomic mass is 10.3. The molecule has 1 amide bonds. The van der Waals surface area contributed by atoms with Crippen molar-refractivity contribution in [1.82, 2.24) is 19.9 Å². The highest BCUT2D eigenvalue weighted by molar-refractivity contribution is 5.94. The highest BCUT2D eigenvalue weighted by Gasteiger charge is 2.09. The summed E-state index contributed by atoms with van der Waals surface area (Å²) in [5, 5.41) is 2.62. The zero-order chi connectivity index (χ0) is 12.4. The predicted octanol–water partition coefficient (Wildman–Crippen LogP) is 1.59. The summed E-state index contributed by atoms with van der Waals surface area (Å²) >= 11 is 0. The van der Waals surface area contributed by atoms with Gasteiger partial charge >= 0.3 is 0 Å². The Kier molecular flexibility index (Phi) is 2.45. The second kappa shape index (κ2) is 4.25. The average molecular weight is 239 g/mol. The number of nitrogens with zero attached hydrogens (tertiary/aromatic N) is 3. The van der Waals surface area contributed by atoms with Crippen molar-refractivity contribution in [2.75, 3.05) is 5.32 Å². The Labute approximate surface area is 102 Å². The monoisotopic (exact) mass is 239 g/mol. The molecule has 0 saturated carbocycles. The standard InChI is InChI=1S/C12H9N5O/c18-7-15-8-2-1-3-9-11(8)17-12(16-9)10-6-13-4-5-14-10/h1-7H,(H,15,18)(H,16,17). The SMILES string of the molecule is O=CNc1cccc2[nH]c(-c3cnccn3)nc12. The summed E-state index contributed by atoms with van der Waals surface area (Å²) in [6.45, 7) is 0. The summed E-state index contributed by atoms with van der Waals surface area (Å²) in [5.74, 6) is 0.623. The van der Waals surface area contributed by atoms with Crippen molar-refractivity contribution >= 4 is 23.1 Å². The molecule has 18 heavy (non-hydrogen) atoms. The molecule has 6 nitrogen and oxygen atoms in total. The van der Waals surface area contributed by atoms with E-state index >= 15 is 0 Å². The van der Waals surface area contributed by atoms with Gasteiger partial charge in [0.05, 0.1) is 17.4 Å². The summed E-state index contributed by atoms with van der Waals surface area (Å²) in [6.07, 6.45) is 5.47. The maximum Gasteiger partial charge on any atom is 0.211 e. The third-order valence-electron chi connectivity index (χ3n) is 2.53. The largest absolute Gasteiger partial charge is 0.337 e. The summed E-state index contributed by atoms with van der Waals surface area (Å²) in [6, 6.07) is 5.52. The van der Waals surface area contributed by atoms with Gasteiger partial charge in [-0.25, -0.2) is 9.97 Å². The molecule has 0 radical (unpaired) electrons. The van der Waals surface area contributed by atoms with Gasteiger partial charge < -0.3 is 10.3 Å². The molecule has 1 aromatic carbocycles. The first-order valence-corrected chi connectivity index (χ1v) is 5.34. The Morgan fingerprint density at radius 3 is 3.00 bits per heavy atom. The molecule has 2 heterocycles. The Bertz CT molecular complexity index is 692. The Balaban J connectivity index is 2.17. The minimum absolute atomic E-state index is 0.623. The number of fused-ring (bicyclic) bond motifs is 1. The quantitative estimate of drug-likeness (QED) is 0.680. The van der Waals surface area contributed by atoms with E-state index in [1.807, 2.05) is 12.1 Å². The number of carbonyl (C=O) groups is 1. The fourth-order valence-corrected chi connectivity index (χ4v) is 1.75. The van der Waals surface area contributed by atoms with Gasteiger partial charge in [-0.05, 0) is 12.1 Å². The number of anilines is 1. The van der Waals surface area contributed by atoms with E-state index < -0.39 is 0 Å². The molecule has 0 bridgehead atoms. The van der Waals surface area contributed by atoms with Gasteiger partial charge in [-0.1, -0.05) is 6.07 Å². The van der Waals surface area contributed by atoms with Crippen LogP contribution in [0.2, 0.25) is 0 Å². The number of nitrogens with one attached hydrogen (secondary N) is 2. The molecule has 0 aliphatic rings. The zero-order valence-electron chi connectivity index (χ0n) is 9.29. The van der Waals surface area contributed by atoms with Gasteiger partial charge in [-0.3, -0.25) is 9.78 Å². The third kappa shape index (κ3) is 1.69. The number of rotatable bonds is 3. The van der Waals surface area contributed by atoms with E-state index in [1.54, 1.807) is 24.7 Å². The van der Waals surface area contributed by atoms with Crippen LogP contribution in [0.5, 0.6) is 0 Å². The molecule has 88 valence electrons. The highest BCUT2D eigenvalue weighted by atomic mass is 16.1. The Morgan fingerprint density at radius 1 is 1.28 bits per heavy atom. The number of hydrogen-bond donors (Lipinski definition) is 2. The number of H-pyrrole nitrogens is 1. The Hall–Kier alpha value is -2.76. The number of imidazole rings is 1. The molecule has 0 spiro atoms. The lowest BCUT2D eigenvalue weighted by Crippen LogP contribution is -1.94. The van der Waals surface area contributed by atoms with Gasteiger partial charge in [0.15, 0.2) is 5.82 Å². The van der Waals surface area contributed by atoms with Gasteiger partial charge in [0.1, 0.15) is 11.2 Å². The molecule has 3 rings (SSSR count). The van der Waals surface area contributed by atoms with Crippen LogP contribution in [0, 0.1) is 0 Å². The van der Waals surface area contributed by atoms with Crippen molar-refractivity contribution in [3.05, 3.63) is 36.8 Å². The molecule has 0 atom stereocenters. The van der Waals surface area contributed by atoms with Crippen LogP contribution in [0.25, 0.3) is 22.6 Å². The normalized spacial score (nSPS) is 10.4. The lowest BCUT2D eigenvalue weighted by molar-refractivity contribution is -0.105. The predicted molar refractivity (Wildman–Crippen MR) is 66.8 cm³/mol. The number of benzene rings is 1. The zero-order valence-corrected chi connectivity index (χ0v) is 9.29. The second-order valence-corrected chi connectivity index (χ2v) is 3.64. The number of para-hydroxylation sites is 1. The van der Waals surface area contributed by atoms with Crippen molar-refractivity contribution in [3.8, 4) is 11.5 Å². The van der Waals surface area contributed by atoms with E-state index in [-0.39, 0.29) is 0 Å². The van der Waals surface area contributed by atoms with Gasteiger partial charge in [0, 0.05) is 12.4 Å². The van der Waals surface area contributed by atoms with E-state index in [0.717, 1.165) is 5.52 Å². The van der Waals surface area contributed by atoms with Crippen molar-refractivity contribution in [2.45, 2.75) is 0 Å². The van der Waals surface area contributed by atoms with E-state index in [4.69, 9.17) is 0 Å². The van der Waals surface area contributed by atoms with Gasteiger partial charge in [0.25, 0.3) is 0 Å². The second-order valence-electron chi connectivity index (χ2n) is 3.64. The molecule has 6 heteroatoms. The maximum absolute atomic E-state index is 10.5. The van der Waals surface area contributed by atoms with Crippen molar-refractivity contribution in [2.24, 2.45) is 0 Å². The molecule has 0 unspecified atom stereocenters. The fourth-order valence-electron chi connectivity index (χ4n) is 1.75. The number of hydrogen-bond acceptors (Lipinski definition) is 4. The van der Waals surface area contributed by atoms with Crippen molar-refractivity contribution < 1.29 is 4.79 Å². The minimum atomic E-state index is 0.623. The molecule has 3 aromatic rings. The van der Waals surface area contributed by atoms with Crippen LogP contribution in [0.15, 0.2) is 36.8 Å². The fraction of sp³-hybridized carbons (Fsp3) is 0. The molecular formula is C12H9N5O. The van der Waals surface area contributed by atoms with Crippen LogP contribution < -0.4 is 5.32 Å². The molecule has 0 aliphatic heterocycles. The average Bonchev–Trinajstić information content (AvgIpc) is 2.85. The summed E-state index contributed by atoms with van der Waals surface area (Å²) < 4.78 is 0. The Morgan fingerprint density at radius 2 is 2.22 bits per heavy atom. The van der Waals surface area contributed by atoms with Crippen LogP contribution in [0.4, 0.5) is 5.69 Å². The molecule has 0 aliphatic carbocycles. The maximum atomic E-state index is 10.5. The summed E-state index contributed by atoms with van der Waals surface area (Å²) in [4.78, 5) is 26.3. The van der Waals surface area contributed by atoms with Gasteiger partial charge in [-0.15, -0.1) is 0 Å². The smallest absolute Gasteiger partial charge is 0.211 e. The van der Waals surface area contributed by atoms with Crippen LogP contribution in [0.1, 0.15) is 0 Å². The van der Waals surface area contributed by atoms with Crippen molar-refractivity contribution in [3.63, 3.8) is 0 Å². The van der Waals surface area contributed by atoms with E-state index in [0.29, 0.717) is 29.1 Å². The van der Waals surface area contributed by atoms with Crippen molar-refractivity contribution in [1.29, 1.82) is 0 Å². The number of aromatic amines is 1. The molecule has 0 fully saturated rings. The first kappa shape index (κ1) is 10.4. The van der Waals surface area contributed by atoms with E-state index in [1.165, 1.54) is 0 Å². The summed E-state index contributed by atoms with van der Waals surface area (Å²) in [7, 11) is 0. The van der Waals surface area contributed by atoms with E-state index in [9.17, 15) is 4.79 Å². The molecule has 2 N–H and O–H groups in total.